The van der Waals surface area contributed by atoms with Crippen LogP contribution >= 0.6 is 0 Å². The third-order valence-electron chi connectivity index (χ3n) is 4.59. The summed E-state index contributed by atoms with van der Waals surface area (Å²) in [7, 11) is -2.93. The molecule has 0 aromatic carbocycles. The van der Waals surface area contributed by atoms with Crippen LogP contribution in [-0.2, 0) is 16.3 Å². The van der Waals surface area contributed by atoms with Crippen LogP contribution in [0.4, 0.5) is 0 Å². The minimum atomic E-state index is -2.93. The number of nitrogens with zero attached hydrogens (tertiary/aromatic N) is 2. The monoisotopic (exact) mass is 298 g/mol. The van der Waals surface area contributed by atoms with Crippen LogP contribution in [0.15, 0.2) is 12.3 Å². The molecule has 1 saturated heterocycles. The van der Waals surface area contributed by atoms with E-state index in [0.29, 0.717) is 18.9 Å². The Morgan fingerprint density at radius 2 is 2.10 bits per heavy atom. The molecule has 6 heteroatoms. The minimum absolute atomic E-state index is 0.123. The molecule has 0 bridgehead atoms. The highest BCUT2D eigenvalue weighted by Gasteiger charge is 2.33. The highest BCUT2D eigenvalue weighted by molar-refractivity contribution is 7.91. The van der Waals surface area contributed by atoms with Gasteiger partial charge in [0.25, 0.3) is 0 Å². The standard InChI is InChI=1S/C14H22N2O3S/c17-14(11-6-8-20(18,19)10-11)9-12-5-7-16(15-12)13-3-1-2-4-13/h5,7,11,13-14,17H,1-4,6,8-10H2. The molecule has 0 spiro atoms. The second-order valence-corrected chi connectivity index (χ2v) is 8.39. The summed E-state index contributed by atoms with van der Waals surface area (Å²) in [5, 5.41) is 14.7. The van der Waals surface area contributed by atoms with Gasteiger partial charge in [-0.05, 0) is 25.3 Å². The Kier molecular flexibility index (Phi) is 3.86. The second kappa shape index (κ2) is 5.48. The van der Waals surface area contributed by atoms with Gasteiger partial charge in [-0.3, -0.25) is 4.68 Å². The van der Waals surface area contributed by atoms with Crippen molar-refractivity contribution in [1.82, 2.24) is 9.78 Å². The molecule has 2 fully saturated rings. The Morgan fingerprint density at radius 1 is 1.35 bits per heavy atom. The van der Waals surface area contributed by atoms with Crippen molar-refractivity contribution in [3.05, 3.63) is 18.0 Å². The largest absolute Gasteiger partial charge is 0.392 e. The summed E-state index contributed by atoms with van der Waals surface area (Å²) in [6.45, 7) is 0. The first-order chi connectivity index (χ1) is 9.53. The van der Waals surface area contributed by atoms with Gasteiger partial charge in [0.15, 0.2) is 9.84 Å². The summed E-state index contributed by atoms with van der Waals surface area (Å²) in [5.41, 5.74) is 0.869. The Hall–Kier alpha value is -0.880. The number of aliphatic hydroxyl groups is 1. The molecule has 3 rings (SSSR count). The highest BCUT2D eigenvalue weighted by Crippen LogP contribution is 2.29. The summed E-state index contributed by atoms with van der Waals surface area (Å²) in [4.78, 5) is 0. The summed E-state index contributed by atoms with van der Waals surface area (Å²) >= 11 is 0. The molecule has 0 radical (unpaired) electrons. The molecule has 20 heavy (non-hydrogen) atoms. The fourth-order valence-corrected chi connectivity index (χ4v) is 5.24. The molecule has 2 heterocycles. The Bertz CT molecular complexity index is 561. The normalized spacial score (nSPS) is 27.9. The zero-order chi connectivity index (χ0) is 14.2. The highest BCUT2D eigenvalue weighted by atomic mass is 32.2. The van der Waals surface area contributed by atoms with E-state index in [1.807, 2.05) is 16.9 Å². The molecular weight excluding hydrogens is 276 g/mol. The number of hydrogen-bond donors (Lipinski definition) is 1. The van der Waals surface area contributed by atoms with Crippen LogP contribution < -0.4 is 0 Å². The second-order valence-electron chi connectivity index (χ2n) is 6.16. The average molecular weight is 298 g/mol. The maximum Gasteiger partial charge on any atom is 0.150 e. The smallest absolute Gasteiger partial charge is 0.150 e. The van der Waals surface area contributed by atoms with Crippen molar-refractivity contribution in [1.29, 1.82) is 0 Å². The predicted octanol–water partition coefficient (Wildman–Crippen LogP) is 1.34. The molecule has 1 aliphatic heterocycles. The van der Waals surface area contributed by atoms with E-state index in [9.17, 15) is 13.5 Å². The molecule has 2 unspecified atom stereocenters. The molecule has 1 saturated carbocycles. The summed E-state index contributed by atoms with van der Waals surface area (Å²) in [6.07, 6.45) is 7.33. The fraction of sp³-hybridized carbons (Fsp3) is 0.786. The van der Waals surface area contributed by atoms with E-state index >= 15 is 0 Å². The third-order valence-corrected chi connectivity index (χ3v) is 6.39. The van der Waals surface area contributed by atoms with Gasteiger partial charge >= 0.3 is 0 Å². The molecule has 1 N–H and O–H groups in total. The lowest BCUT2D eigenvalue weighted by atomic mass is 9.98. The summed E-state index contributed by atoms with van der Waals surface area (Å²) in [5.74, 6) is 0.208. The molecular formula is C14H22N2O3S. The van der Waals surface area contributed by atoms with Crippen molar-refractivity contribution in [3.63, 3.8) is 0 Å². The number of aromatic nitrogens is 2. The van der Waals surface area contributed by atoms with Gasteiger partial charge in [-0.15, -0.1) is 0 Å². The molecule has 0 amide bonds. The molecule has 112 valence electrons. The van der Waals surface area contributed by atoms with Crippen LogP contribution in [-0.4, -0.2) is 40.9 Å². The molecule has 2 aliphatic rings. The Balaban J connectivity index is 1.60. The van der Waals surface area contributed by atoms with E-state index in [-0.39, 0.29) is 17.4 Å². The summed E-state index contributed by atoms with van der Waals surface area (Å²) < 4.78 is 24.9. The van der Waals surface area contributed by atoms with Gasteiger partial charge in [-0.25, -0.2) is 8.42 Å². The number of sulfone groups is 1. The SMILES string of the molecule is O=S1(=O)CCC(C(O)Cc2ccn(C3CCCC3)n2)C1. The number of rotatable bonds is 4. The quantitative estimate of drug-likeness (QED) is 0.910. The number of hydrogen-bond acceptors (Lipinski definition) is 4. The molecule has 2 atom stereocenters. The van der Waals surface area contributed by atoms with Gasteiger partial charge in [0.2, 0.25) is 0 Å². The molecule has 1 aromatic heterocycles. The van der Waals surface area contributed by atoms with Crippen molar-refractivity contribution < 1.29 is 13.5 Å². The molecule has 1 aliphatic carbocycles. The third kappa shape index (κ3) is 3.06. The van der Waals surface area contributed by atoms with Crippen molar-refractivity contribution in [2.24, 2.45) is 5.92 Å². The van der Waals surface area contributed by atoms with E-state index in [2.05, 4.69) is 5.10 Å². The van der Waals surface area contributed by atoms with Crippen LogP contribution in [0.5, 0.6) is 0 Å². The van der Waals surface area contributed by atoms with E-state index in [1.54, 1.807) is 0 Å². The fourth-order valence-electron chi connectivity index (χ4n) is 3.37. The van der Waals surface area contributed by atoms with Crippen LogP contribution in [0.25, 0.3) is 0 Å². The molecule has 1 aromatic rings. The minimum Gasteiger partial charge on any atom is -0.392 e. The predicted molar refractivity (Wildman–Crippen MR) is 76.2 cm³/mol. The van der Waals surface area contributed by atoms with Gasteiger partial charge in [0.05, 0.1) is 29.3 Å². The lowest BCUT2D eigenvalue weighted by Gasteiger charge is -2.15. The van der Waals surface area contributed by atoms with Crippen LogP contribution in [0.1, 0.15) is 43.8 Å². The van der Waals surface area contributed by atoms with Gasteiger partial charge in [-0.1, -0.05) is 12.8 Å². The zero-order valence-corrected chi connectivity index (χ0v) is 12.4. The maximum atomic E-state index is 11.4. The average Bonchev–Trinajstić information content (AvgIpc) is 3.07. The van der Waals surface area contributed by atoms with Crippen molar-refractivity contribution in [2.75, 3.05) is 11.5 Å². The van der Waals surface area contributed by atoms with Gasteiger partial charge in [0.1, 0.15) is 0 Å². The Morgan fingerprint density at radius 3 is 2.75 bits per heavy atom. The van der Waals surface area contributed by atoms with Crippen LogP contribution in [0.2, 0.25) is 0 Å². The summed E-state index contributed by atoms with van der Waals surface area (Å²) in [6, 6.07) is 2.46. The van der Waals surface area contributed by atoms with E-state index in [1.165, 1.54) is 25.7 Å². The van der Waals surface area contributed by atoms with Crippen molar-refractivity contribution in [2.45, 2.75) is 50.7 Å². The van der Waals surface area contributed by atoms with Crippen LogP contribution in [0, 0.1) is 5.92 Å². The van der Waals surface area contributed by atoms with E-state index < -0.39 is 15.9 Å². The Labute approximate surface area is 119 Å². The van der Waals surface area contributed by atoms with Crippen molar-refractivity contribution in [3.8, 4) is 0 Å². The van der Waals surface area contributed by atoms with E-state index in [4.69, 9.17) is 0 Å². The van der Waals surface area contributed by atoms with E-state index in [0.717, 1.165) is 5.69 Å². The van der Waals surface area contributed by atoms with Crippen molar-refractivity contribution >= 4 is 9.84 Å². The first-order valence-corrected chi connectivity index (χ1v) is 9.28. The van der Waals surface area contributed by atoms with Gasteiger partial charge < -0.3 is 5.11 Å². The first-order valence-electron chi connectivity index (χ1n) is 7.46. The molecule has 5 nitrogen and oxygen atoms in total. The van der Waals surface area contributed by atoms with Gasteiger partial charge in [0, 0.05) is 18.5 Å². The van der Waals surface area contributed by atoms with Crippen LogP contribution in [0.3, 0.4) is 0 Å². The zero-order valence-electron chi connectivity index (χ0n) is 11.6. The maximum absolute atomic E-state index is 11.4. The topological polar surface area (TPSA) is 72.2 Å². The number of aliphatic hydroxyl groups excluding tert-OH is 1. The lowest BCUT2D eigenvalue weighted by Crippen LogP contribution is -2.24. The lowest BCUT2D eigenvalue weighted by molar-refractivity contribution is 0.119. The van der Waals surface area contributed by atoms with Gasteiger partial charge in [-0.2, -0.15) is 5.10 Å². The first kappa shape index (κ1) is 14.1.